The molecule has 0 amide bonds. The van der Waals surface area contributed by atoms with Gasteiger partial charge in [-0.05, 0) is 12.3 Å². The number of hydrogen-bond acceptors (Lipinski definition) is 4. The zero-order valence-corrected chi connectivity index (χ0v) is 13.1. The van der Waals surface area contributed by atoms with E-state index in [1.54, 1.807) is 24.3 Å². The molecule has 0 radical (unpaired) electrons. The van der Waals surface area contributed by atoms with Gasteiger partial charge in [0.2, 0.25) is 0 Å². The van der Waals surface area contributed by atoms with Crippen molar-refractivity contribution in [3.8, 4) is 0 Å². The Kier molecular flexibility index (Phi) is 4.54. The van der Waals surface area contributed by atoms with Crippen LogP contribution in [0.15, 0.2) is 52.9 Å². The number of aliphatic hydroxyl groups excluding tert-OH is 1. The third-order valence-electron chi connectivity index (χ3n) is 4.62. The van der Waals surface area contributed by atoms with Crippen LogP contribution in [0.1, 0.15) is 12.8 Å². The maximum atomic E-state index is 13.4. The third kappa shape index (κ3) is 3.13. The first-order valence-corrected chi connectivity index (χ1v) is 7.78. The van der Waals surface area contributed by atoms with Crippen LogP contribution in [0.4, 0.5) is 13.2 Å². The van der Waals surface area contributed by atoms with Gasteiger partial charge in [0.25, 0.3) is 0 Å². The Morgan fingerprint density at radius 2 is 2.08 bits per heavy atom. The molecule has 0 saturated carbocycles. The van der Waals surface area contributed by atoms with Crippen molar-refractivity contribution >= 4 is 5.71 Å². The summed E-state index contributed by atoms with van der Waals surface area (Å²) in [6, 6.07) is -0.711. The minimum absolute atomic E-state index is 0.0424. The average molecular weight is 340 g/mol. The summed E-state index contributed by atoms with van der Waals surface area (Å²) in [6.45, 7) is 0. The van der Waals surface area contributed by atoms with Crippen LogP contribution < -0.4 is 5.43 Å². The number of alkyl halides is 3. The highest BCUT2D eigenvalue weighted by Gasteiger charge is 2.50. The highest BCUT2D eigenvalue weighted by atomic mass is 19.4. The zero-order valence-electron chi connectivity index (χ0n) is 13.1. The number of hydrazone groups is 1. The van der Waals surface area contributed by atoms with E-state index in [1.165, 1.54) is 7.11 Å². The normalized spacial score (nSPS) is 32.9. The molecule has 0 saturated heterocycles. The van der Waals surface area contributed by atoms with Gasteiger partial charge in [-0.15, -0.1) is 0 Å². The molecule has 2 N–H and O–H groups in total. The molecule has 0 spiro atoms. The summed E-state index contributed by atoms with van der Waals surface area (Å²) < 4.78 is 45.3. The summed E-state index contributed by atoms with van der Waals surface area (Å²) in [5.41, 5.74) is 2.22. The monoisotopic (exact) mass is 340 g/mol. The number of halogens is 3. The summed E-state index contributed by atoms with van der Waals surface area (Å²) in [7, 11) is 1.52. The quantitative estimate of drug-likeness (QED) is 0.828. The standard InChI is InChI=1S/C17H19F3N2O2/c1-24-11-7-8-12(13(23)9-11)15-14(10-5-3-2-4-6-10)16(22-21-15)17(18,19)20/h2-5,7-8,10-11,14-15,21,23H,6,9H2,1H3. The van der Waals surface area contributed by atoms with Crippen molar-refractivity contribution in [3.05, 3.63) is 47.8 Å². The van der Waals surface area contributed by atoms with Crippen molar-refractivity contribution in [2.24, 2.45) is 16.9 Å². The molecule has 0 aromatic heterocycles. The predicted octanol–water partition coefficient (Wildman–Crippen LogP) is 3.41. The van der Waals surface area contributed by atoms with E-state index in [1.807, 2.05) is 12.2 Å². The molecule has 4 atom stereocenters. The number of nitrogens with zero attached hydrogens (tertiary/aromatic N) is 1. The summed E-state index contributed by atoms with van der Waals surface area (Å²) in [5.74, 6) is -1.17. The second kappa shape index (κ2) is 6.47. The van der Waals surface area contributed by atoms with Crippen LogP contribution in [0, 0.1) is 11.8 Å². The lowest BCUT2D eigenvalue weighted by Gasteiger charge is -2.30. The van der Waals surface area contributed by atoms with Gasteiger partial charge >= 0.3 is 6.18 Å². The average Bonchev–Trinajstić information content (AvgIpc) is 3.00. The van der Waals surface area contributed by atoms with E-state index in [2.05, 4.69) is 10.5 Å². The Hall–Kier alpha value is -2.02. The minimum atomic E-state index is -4.51. The molecule has 7 heteroatoms. The number of allylic oxidation sites excluding steroid dienone is 4. The Balaban J connectivity index is 1.92. The first kappa shape index (κ1) is 16.8. The summed E-state index contributed by atoms with van der Waals surface area (Å²) in [4.78, 5) is 0. The van der Waals surface area contributed by atoms with Crippen LogP contribution in [0.5, 0.6) is 0 Å². The highest BCUT2D eigenvalue weighted by molar-refractivity contribution is 5.94. The maximum Gasteiger partial charge on any atom is 0.431 e. The van der Waals surface area contributed by atoms with Crippen molar-refractivity contribution < 1.29 is 23.0 Å². The lowest BCUT2D eigenvalue weighted by atomic mass is 9.76. The summed E-state index contributed by atoms with van der Waals surface area (Å²) in [5, 5.41) is 13.8. The van der Waals surface area contributed by atoms with Crippen LogP contribution in [-0.2, 0) is 4.74 Å². The maximum absolute atomic E-state index is 13.4. The minimum Gasteiger partial charge on any atom is -0.512 e. The van der Waals surface area contributed by atoms with Gasteiger partial charge in [-0.2, -0.15) is 18.3 Å². The molecule has 3 aliphatic rings. The fraction of sp³-hybridized carbons (Fsp3) is 0.471. The molecule has 1 heterocycles. The van der Waals surface area contributed by atoms with Gasteiger partial charge in [0.15, 0.2) is 0 Å². The molecule has 0 aromatic rings. The van der Waals surface area contributed by atoms with Gasteiger partial charge in [-0.1, -0.05) is 36.5 Å². The molecule has 130 valence electrons. The molecule has 3 rings (SSSR count). The Morgan fingerprint density at radius 3 is 2.67 bits per heavy atom. The van der Waals surface area contributed by atoms with Gasteiger partial charge in [0.05, 0.1) is 12.1 Å². The van der Waals surface area contributed by atoms with Crippen molar-refractivity contribution in [3.63, 3.8) is 0 Å². The fourth-order valence-electron chi connectivity index (χ4n) is 3.41. The highest BCUT2D eigenvalue weighted by Crippen LogP contribution is 2.39. The number of nitrogens with one attached hydrogen (secondary N) is 1. The first-order chi connectivity index (χ1) is 11.4. The molecule has 4 unspecified atom stereocenters. The molecular weight excluding hydrogens is 321 g/mol. The third-order valence-corrected chi connectivity index (χ3v) is 4.62. The molecular formula is C17H19F3N2O2. The Morgan fingerprint density at radius 1 is 1.29 bits per heavy atom. The number of hydrogen-bond donors (Lipinski definition) is 2. The lowest BCUT2D eigenvalue weighted by molar-refractivity contribution is -0.0630. The number of methoxy groups -OCH3 is 1. The predicted molar refractivity (Wildman–Crippen MR) is 84.5 cm³/mol. The van der Waals surface area contributed by atoms with Crippen molar-refractivity contribution in [2.45, 2.75) is 31.2 Å². The van der Waals surface area contributed by atoms with Crippen LogP contribution in [-0.4, -0.2) is 36.3 Å². The van der Waals surface area contributed by atoms with Gasteiger partial charge in [-0.25, -0.2) is 0 Å². The van der Waals surface area contributed by atoms with Gasteiger partial charge in [0, 0.05) is 25.0 Å². The topological polar surface area (TPSA) is 53.8 Å². The van der Waals surface area contributed by atoms with Crippen molar-refractivity contribution in [1.82, 2.24) is 5.43 Å². The van der Waals surface area contributed by atoms with Crippen molar-refractivity contribution in [2.75, 3.05) is 7.11 Å². The molecule has 0 bridgehead atoms. The van der Waals surface area contributed by atoms with E-state index in [4.69, 9.17) is 4.74 Å². The number of aliphatic hydroxyl groups is 1. The van der Waals surface area contributed by atoms with Gasteiger partial charge < -0.3 is 15.3 Å². The smallest absolute Gasteiger partial charge is 0.431 e. The molecule has 1 aliphatic heterocycles. The number of rotatable bonds is 3. The van der Waals surface area contributed by atoms with Gasteiger partial charge in [0.1, 0.15) is 11.5 Å². The van der Waals surface area contributed by atoms with Crippen LogP contribution >= 0.6 is 0 Å². The van der Waals surface area contributed by atoms with E-state index in [9.17, 15) is 18.3 Å². The fourth-order valence-corrected chi connectivity index (χ4v) is 3.41. The van der Waals surface area contributed by atoms with Crippen LogP contribution in [0.2, 0.25) is 0 Å². The lowest BCUT2D eigenvalue weighted by Crippen LogP contribution is -2.41. The van der Waals surface area contributed by atoms with E-state index < -0.39 is 23.8 Å². The second-order valence-corrected chi connectivity index (χ2v) is 6.08. The van der Waals surface area contributed by atoms with E-state index in [0.29, 0.717) is 12.0 Å². The summed E-state index contributed by atoms with van der Waals surface area (Å²) >= 11 is 0. The SMILES string of the molecule is COC1C=CC(C2NN=C(C(F)(F)F)C2C2C=CC=CC2)=C(O)C1. The van der Waals surface area contributed by atoms with Gasteiger partial charge in [-0.3, -0.25) is 0 Å². The Labute approximate surface area is 138 Å². The molecule has 4 nitrogen and oxygen atoms in total. The summed E-state index contributed by atoms with van der Waals surface area (Å²) in [6.07, 6.45) is 6.54. The first-order valence-electron chi connectivity index (χ1n) is 7.78. The zero-order chi connectivity index (χ0) is 17.3. The van der Waals surface area contributed by atoms with E-state index in [-0.39, 0.29) is 24.2 Å². The Bertz CT molecular complexity index is 647. The van der Waals surface area contributed by atoms with E-state index in [0.717, 1.165) is 0 Å². The van der Waals surface area contributed by atoms with E-state index >= 15 is 0 Å². The molecule has 0 fully saturated rings. The van der Waals surface area contributed by atoms with Crippen LogP contribution in [0.3, 0.4) is 0 Å². The number of ether oxygens (including phenoxy) is 1. The molecule has 24 heavy (non-hydrogen) atoms. The second-order valence-electron chi connectivity index (χ2n) is 6.08. The largest absolute Gasteiger partial charge is 0.512 e. The molecule has 2 aliphatic carbocycles. The molecule has 0 aromatic carbocycles. The van der Waals surface area contributed by atoms with Crippen LogP contribution in [0.25, 0.3) is 0 Å². The van der Waals surface area contributed by atoms with Crippen molar-refractivity contribution in [1.29, 1.82) is 0 Å².